The Labute approximate surface area is 159 Å². The first-order chi connectivity index (χ1) is 12.9. The van der Waals surface area contributed by atoms with E-state index in [9.17, 15) is 13.5 Å². The normalized spacial score (nSPS) is 19.2. The summed E-state index contributed by atoms with van der Waals surface area (Å²) in [6, 6.07) is 22.6. The van der Waals surface area contributed by atoms with Crippen LogP contribution in [0.15, 0.2) is 96.0 Å². The minimum Gasteiger partial charge on any atom is -0.374 e. The van der Waals surface area contributed by atoms with Gasteiger partial charge in [-0.3, -0.25) is 0 Å². The van der Waals surface area contributed by atoms with Gasteiger partial charge in [-0.05, 0) is 30.7 Å². The van der Waals surface area contributed by atoms with Gasteiger partial charge in [-0.2, -0.15) is 0 Å². The van der Waals surface area contributed by atoms with Gasteiger partial charge in [-0.1, -0.05) is 72.8 Å². The molecule has 0 amide bonds. The first kappa shape index (κ1) is 17.5. The Bertz CT molecular complexity index is 1120. The van der Waals surface area contributed by atoms with E-state index in [0.29, 0.717) is 16.8 Å². The quantitative estimate of drug-likeness (QED) is 0.752. The van der Waals surface area contributed by atoms with Gasteiger partial charge in [0.05, 0.1) is 16.3 Å². The Morgan fingerprint density at radius 2 is 1.48 bits per heavy atom. The van der Waals surface area contributed by atoms with Crippen molar-refractivity contribution >= 4 is 15.7 Å². The Morgan fingerprint density at radius 1 is 0.889 bits per heavy atom. The zero-order valence-corrected chi connectivity index (χ0v) is 15.6. The summed E-state index contributed by atoms with van der Waals surface area (Å²) in [4.78, 5) is 0.154. The molecule has 0 bridgehead atoms. The van der Waals surface area contributed by atoms with E-state index in [0.717, 1.165) is 9.87 Å². The second kappa shape index (κ2) is 6.08. The lowest BCUT2D eigenvalue weighted by atomic mass is 9.86. The predicted molar refractivity (Wildman–Crippen MR) is 106 cm³/mol. The minimum atomic E-state index is -3.92. The van der Waals surface area contributed by atoms with Gasteiger partial charge in [-0.15, -0.1) is 0 Å². The number of fused-ring (bicyclic) bond motifs is 1. The van der Waals surface area contributed by atoms with E-state index in [1.54, 1.807) is 72.8 Å². The van der Waals surface area contributed by atoms with E-state index < -0.39 is 15.6 Å². The molecule has 4 rings (SSSR count). The van der Waals surface area contributed by atoms with Crippen LogP contribution in [0.1, 0.15) is 16.7 Å². The van der Waals surface area contributed by atoms with Crippen molar-refractivity contribution < 1.29 is 13.5 Å². The summed E-state index contributed by atoms with van der Waals surface area (Å²) < 4.78 is 27.9. The number of benzene rings is 3. The molecule has 0 spiro atoms. The summed E-state index contributed by atoms with van der Waals surface area (Å²) in [5, 5.41) is 11.6. The molecule has 1 aliphatic heterocycles. The second-order valence-electron chi connectivity index (χ2n) is 6.62. The van der Waals surface area contributed by atoms with Crippen molar-refractivity contribution in [1.82, 2.24) is 0 Å². The van der Waals surface area contributed by atoms with E-state index in [2.05, 4.69) is 6.58 Å². The summed E-state index contributed by atoms with van der Waals surface area (Å²) in [6.45, 7) is 5.88. The van der Waals surface area contributed by atoms with Gasteiger partial charge in [0.2, 0.25) is 0 Å². The maximum Gasteiger partial charge on any atom is 0.268 e. The molecular weight excluding hydrogens is 358 g/mol. The summed E-state index contributed by atoms with van der Waals surface area (Å²) in [6.07, 6.45) is 0. The molecule has 136 valence electrons. The Morgan fingerprint density at radius 3 is 2.15 bits per heavy atom. The van der Waals surface area contributed by atoms with E-state index in [-0.39, 0.29) is 10.6 Å². The van der Waals surface area contributed by atoms with Crippen molar-refractivity contribution in [2.45, 2.75) is 17.4 Å². The highest BCUT2D eigenvalue weighted by molar-refractivity contribution is 7.93. The molecule has 1 unspecified atom stereocenters. The molecule has 4 nitrogen and oxygen atoms in total. The number of nitrogens with zero attached hydrogens (tertiary/aromatic N) is 1. The molecule has 1 heterocycles. The van der Waals surface area contributed by atoms with E-state index in [4.69, 9.17) is 0 Å². The molecule has 3 aromatic rings. The van der Waals surface area contributed by atoms with E-state index >= 15 is 0 Å². The fourth-order valence-corrected chi connectivity index (χ4v) is 5.03. The van der Waals surface area contributed by atoms with Gasteiger partial charge in [0, 0.05) is 5.56 Å². The molecule has 3 aromatic carbocycles. The number of anilines is 1. The topological polar surface area (TPSA) is 57.6 Å². The van der Waals surface area contributed by atoms with E-state index in [1.807, 2.05) is 13.0 Å². The summed E-state index contributed by atoms with van der Waals surface area (Å²) in [5.74, 6) is 0. The maximum atomic E-state index is 13.4. The van der Waals surface area contributed by atoms with Crippen LogP contribution in [0.5, 0.6) is 0 Å². The SMILES string of the molecule is C=C1N(S(=O)(=O)c2ccc(C)cc2)c2ccccc2C1(O)c1ccccc1. The van der Waals surface area contributed by atoms with Crippen LogP contribution >= 0.6 is 0 Å². The first-order valence-electron chi connectivity index (χ1n) is 8.55. The third-order valence-corrected chi connectivity index (χ3v) is 6.69. The Hall–Kier alpha value is -2.89. The molecule has 1 aliphatic rings. The largest absolute Gasteiger partial charge is 0.374 e. The smallest absolute Gasteiger partial charge is 0.268 e. The molecule has 27 heavy (non-hydrogen) atoms. The van der Waals surface area contributed by atoms with Gasteiger partial charge < -0.3 is 5.11 Å². The fourth-order valence-electron chi connectivity index (χ4n) is 3.50. The standard InChI is InChI=1S/C22H19NO3S/c1-16-12-14-19(15-13-16)27(25,26)23-17(2)22(24,18-8-4-3-5-9-18)20-10-6-7-11-21(20)23/h3-15,24H,2H2,1H3. The van der Waals surface area contributed by atoms with Crippen LogP contribution in [0.4, 0.5) is 5.69 Å². The van der Waals surface area contributed by atoms with Gasteiger partial charge in [-0.25, -0.2) is 12.7 Å². The van der Waals surface area contributed by atoms with Crippen molar-refractivity contribution in [1.29, 1.82) is 0 Å². The van der Waals surface area contributed by atoms with Crippen LogP contribution in [-0.2, 0) is 15.6 Å². The summed E-state index contributed by atoms with van der Waals surface area (Å²) >= 11 is 0. The minimum absolute atomic E-state index is 0.0930. The number of sulfonamides is 1. The van der Waals surface area contributed by atoms with Crippen LogP contribution in [0, 0.1) is 6.92 Å². The lowest BCUT2D eigenvalue weighted by molar-refractivity contribution is 0.128. The molecule has 0 radical (unpaired) electrons. The Kier molecular flexibility index (Phi) is 3.94. The third kappa shape index (κ3) is 2.51. The molecule has 0 saturated heterocycles. The first-order valence-corrected chi connectivity index (χ1v) is 9.99. The maximum absolute atomic E-state index is 13.4. The lowest BCUT2D eigenvalue weighted by Crippen LogP contribution is -2.34. The lowest BCUT2D eigenvalue weighted by Gasteiger charge is -2.28. The molecule has 0 saturated carbocycles. The van der Waals surface area contributed by atoms with Crippen molar-refractivity contribution in [3.05, 3.63) is 108 Å². The zero-order chi connectivity index (χ0) is 19.2. The fraction of sp³-hybridized carbons (Fsp3) is 0.0909. The monoisotopic (exact) mass is 377 g/mol. The number of para-hydroxylation sites is 1. The van der Waals surface area contributed by atoms with Crippen molar-refractivity contribution in [2.24, 2.45) is 0 Å². The second-order valence-corrected chi connectivity index (χ2v) is 8.41. The van der Waals surface area contributed by atoms with Gasteiger partial charge in [0.25, 0.3) is 10.0 Å². The molecule has 1 N–H and O–H groups in total. The molecule has 0 aromatic heterocycles. The highest BCUT2D eigenvalue weighted by Crippen LogP contribution is 2.51. The number of rotatable bonds is 3. The Balaban J connectivity index is 1.94. The highest BCUT2D eigenvalue weighted by Gasteiger charge is 2.50. The highest BCUT2D eigenvalue weighted by atomic mass is 32.2. The van der Waals surface area contributed by atoms with Crippen LogP contribution in [-0.4, -0.2) is 13.5 Å². The van der Waals surface area contributed by atoms with Crippen LogP contribution in [0.25, 0.3) is 0 Å². The molecule has 0 aliphatic carbocycles. The van der Waals surface area contributed by atoms with Gasteiger partial charge >= 0.3 is 0 Å². The third-order valence-electron chi connectivity index (χ3n) is 4.93. The van der Waals surface area contributed by atoms with Gasteiger partial charge in [0.15, 0.2) is 5.60 Å². The zero-order valence-electron chi connectivity index (χ0n) is 14.8. The number of aryl methyl sites for hydroxylation is 1. The molecule has 0 fully saturated rings. The van der Waals surface area contributed by atoms with Crippen LogP contribution < -0.4 is 4.31 Å². The van der Waals surface area contributed by atoms with Crippen molar-refractivity contribution in [3.8, 4) is 0 Å². The predicted octanol–water partition coefficient (Wildman–Crippen LogP) is 3.95. The average molecular weight is 377 g/mol. The van der Waals surface area contributed by atoms with E-state index in [1.165, 1.54) is 0 Å². The summed E-state index contributed by atoms with van der Waals surface area (Å²) in [7, 11) is -3.92. The summed E-state index contributed by atoms with van der Waals surface area (Å²) in [5.41, 5.74) is 0.927. The number of hydrogen-bond donors (Lipinski definition) is 1. The molecule has 5 heteroatoms. The average Bonchev–Trinajstić information content (AvgIpc) is 2.92. The number of hydrogen-bond acceptors (Lipinski definition) is 3. The van der Waals surface area contributed by atoms with Crippen molar-refractivity contribution in [3.63, 3.8) is 0 Å². The van der Waals surface area contributed by atoms with Gasteiger partial charge in [0.1, 0.15) is 0 Å². The molecule has 1 atom stereocenters. The van der Waals surface area contributed by atoms with Crippen LogP contribution in [0.2, 0.25) is 0 Å². The van der Waals surface area contributed by atoms with Crippen molar-refractivity contribution in [2.75, 3.05) is 4.31 Å². The molecular formula is C22H19NO3S. The number of aliphatic hydroxyl groups is 1. The van der Waals surface area contributed by atoms with Crippen LogP contribution in [0.3, 0.4) is 0 Å².